The molecule has 0 saturated heterocycles. The lowest BCUT2D eigenvalue weighted by molar-refractivity contribution is 0.0946. The molecule has 0 fully saturated rings. The van der Waals surface area contributed by atoms with Crippen molar-refractivity contribution in [3.8, 4) is 0 Å². The molecular weight excluding hydrogens is 282 g/mol. The van der Waals surface area contributed by atoms with E-state index < -0.39 is 0 Å². The summed E-state index contributed by atoms with van der Waals surface area (Å²) in [7, 11) is 0. The first kappa shape index (κ1) is 14.2. The first-order valence-corrected chi connectivity index (χ1v) is 7.03. The Labute approximate surface area is 127 Å². The zero-order valence-corrected chi connectivity index (χ0v) is 12.4. The van der Waals surface area contributed by atoms with Crippen molar-refractivity contribution in [1.29, 1.82) is 0 Å². The first-order valence-electron chi connectivity index (χ1n) is 7.03. The fourth-order valence-corrected chi connectivity index (χ4v) is 2.41. The predicted octanol–water partition coefficient (Wildman–Crippen LogP) is 2.71. The maximum absolute atomic E-state index is 12.3. The van der Waals surface area contributed by atoms with Gasteiger partial charge in [0.25, 0.3) is 5.91 Å². The fourth-order valence-electron chi connectivity index (χ4n) is 2.41. The summed E-state index contributed by atoms with van der Waals surface area (Å²) in [4.78, 5) is 12.3. The van der Waals surface area contributed by atoms with Crippen molar-refractivity contribution in [1.82, 2.24) is 15.1 Å². The average molecular weight is 299 g/mol. The molecule has 1 N–H and O–H groups in total. The van der Waals surface area contributed by atoms with Gasteiger partial charge < -0.3 is 14.2 Å². The number of amides is 1. The Kier molecular flexibility index (Phi) is 3.82. The molecule has 0 unspecified atom stereocenters. The number of nitrogens with zero attached hydrogens (tertiary/aromatic N) is 2. The van der Waals surface area contributed by atoms with Crippen LogP contribution < -0.4 is 5.32 Å². The number of carbonyl (C=O) groups excluding carboxylic acids is 1. The van der Waals surface area contributed by atoms with Crippen LogP contribution in [0.1, 0.15) is 33.7 Å². The van der Waals surface area contributed by atoms with Crippen molar-refractivity contribution < 1.29 is 13.6 Å². The van der Waals surface area contributed by atoms with Gasteiger partial charge in [-0.05, 0) is 38.1 Å². The number of aryl methyl sites for hydroxylation is 2. The van der Waals surface area contributed by atoms with Crippen LogP contribution in [0.2, 0.25) is 0 Å². The lowest BCUT2D eigenvalue weighted by Gasteiger charge is -2.16. The van der Waals surface area contributed by atoms with Gasteiger partial charge in [-0.1, -0.05) is 0 Å². The van der Waals surface area contributed by atoms with Gasteiger partial charge in [0.05, 0.1) is 11.8 Å². The fraction of sp³-hybridized carbons (Fsp3) is 0.250. The first-order chi connectivity index (χ1) is 10.6. The Balaban J connectivity index is 1.75. The molecule has 1 amide bonds. The second-order valence-corrected chi connectivity index (χ2v) is 5.05. The summed E-state index contributed by atoms with van der Waals surface area (Å²) in [5, 5.41) is 7.14. The Hall–Kier alpha value is -2.76. The van der Waals surface area contributed by atoms with Crippen LogP contribution in [-0.4, -0.2) is 22.2 Å². The Bertz CT molecular complexity index is 708. The quantitative estimate of drug-likeness (QED) is 0.786. The third-order valence-electron chi connectivity index (χ3n) is 3.46. The van der Waals surface area contributed by atoms with E-state index in [0.717, 1.165) is 11.5 Å². The highest BCUT2D eigenvalue weighted by Crippen LogP contribution is 2.18. The van der Waals surface area contributed by atoms with Crippen molar-refractivity contribution in [2.24, 2.45) is 0 Å². The minimum absolute atomic E-state index is 0.168. The number of aromatic nitrogens is 2. The summed E-state index contributed by atoms with van der Waals surface area (Å²) >= 11 is 0. The highest BCUT2D eigenvalue weighted by atomic mass is 16.3. The Morgan fingerprint density at radius 1 is 1.41 bits per heavy atom. The van der Waals surface area contributed by atoms with E-state index in [2.05, 4.69) is 10.4 Å². The van der Waals surface area contributed by atoms with Crippen LogP contribution in [0.15, 0.2) is 51.8 Å². The molecule has 6 nitrogen and oxygen atoms in total. The van der Waals surface area contributed by atoms with Gasteiger partial charge in [0.1, 0.15) is 23.3 Å². The predicted molar refractivity (Wildman–Crippen MR) is 79.6 cm³/mol. The van der Waals surface area contributed by atoms with Crippen LogP contribution in [0.4, 0.5) is 0 Å². The molecule has 0 spiro atoms. The molecule has 3 aromatic rings. The number of furan rings is 2. The molecule has 0 aliphatic carbocycles. The molecule has 6 heteroatoms. The molecule has 0 saturated carbocycles. The smallest absolute Gasteiger partial charge is 0.254 e. The van der Waals surface area contributed by atoms with E-state index >= 15 is 0 Å². The molecule has 0 aliphatic rings. The van der Waals surface area contributed by atoms with Crippen molar-refractivity contribution >= 4 is 5.91 Å². The molecule has 0 aromatic carbocycles. The third-order valence-corrected chi connectivity index (χ3v) is 3.46. The topological polar surface area (TPSA) is 73.2 Å². The van der Waals surface area contributed by atoms with Crippen molar-refractivity contribution in [2.75, 3.05) is 6.54 Å². The van der Waals surface area contributed by atoms with Gasteiger partial charge in [-0.3, -0.25) is 9.48 Å². The van der Waals surface area contributed by atoms with E-state index in [9.17, 15) is 4.79 Å². The summed E-state index contributed by atoms with van der Waals surface area (Å²) in [6, 6.07) is 7.06. The van der Waals surface area contributed by atoms with Crippen LogP contribution in [0.5, 0.6) is 0 Å². The highest BCUT2D eigenvalue weighted by Gasteiger charge is 2.20. The summed E-state index contributed by atoms with van der Waals surface area (Å²) in [5.74, 6) is 1.91. The van der Waals surface area contributed by atoms with Crippen molar-refractivity contribution in [2.45, 2.75) is 19.9 Å². The van der Waals surface area contributed by atoms with Crippen molar-refractivity contribution in [3.05, 3.63) is 65.8 Å². The number of hydrogen-bond acceptors (Lipinski definition) is 4. The second kappa shape index (κ2) is 5.93. The molecule has 0 aliphatic heterocycles. The van der Waals surface area contributed by atoms with E-state index in [1.165, 1.54) is 0 Å². The van der Waals surface area contributed by atoms with Crippen molar-refractivity contribution in [3.63, 3.8) is 0 Å². The van der Waals surface area contributed by atoms with Crippen LogP contribution in [0, 0.1) is 13.8 Å². The number of hydrogen-bond donors (Lipinski definition) is 1. The Morgan fingerprint density at radius 3 is 2.86 bits per heavy atom. The molecule has 3 rings (SSSR count). The summed E-state index contributed by atoms with van der Waals surface area (Å²) < 4.78 is 12.6. The van der Waals surface area contributed by atoms with E-state index in [4.69, 9.17) is 8.83 Å². The molecule has 3 aromatic heterocycles. The van der Waals surface area contributed by atoms with Crippen LogP contribution >= 0.6 is 0 Å². The lowest BCUT2D eigenvalue weighted by atomic mass is 10.2. The zero-order chi connectivity index (χ0) is 15.5. The third kappa shape index (κ3) is 2.81. The molecular formula is C16H17N3O3. The second-order valence-electron chi connectivity index (χ2n) is 5.05. The van der Waals surface area contributed by atoms with Gasteiger partial charge in [-0.25, -0.2) is 0 Å². The van der Waals surface area contributed by atoms with Crippen LogP contribution in [-0.2, 0) is 0 Å². The van der Waals surface area contributed by atoms with E-state index in [-0.39, 0.29) is 11.9 Å². The summed E-state index contributed by atoms with van der Waals surface area (Å²) in [6.07, 6.45) is 5.14. The van der Waals surface area contributed by atoms with Gasteiger partial charge in [0, 0.05) is 18.9 Å². The maximum Gasteiger partial charge on any atom is 0.254 e. The minimum atomic E-state index is -0.192. The lowest BCUT2D eigenvalue weighted by Crippen LogP contribution is -2.31. The number of carbonyl (C=O) groups is 1. The highest BCUT2D eigenvalue weighted by molar-refractivity contribution is 5.95. The summed E-state index contributed by atoms with van der Waals surface area (Å²) in [6.45, 7) is 3.97. The Morgan fingerprint density at radius 2 is 2.27 bits per heavy atom. The molecule has 114 valence electrons. The average Bonchev–Trinajstić information content (AvgIpc) is 3.21. The number of nitrogens with one attached hydrogen (secondary N) is 1. The van der Waals surface area contributed by atoms with E-state index in [1.807, 2.05) is 31.3 Å². The van der Waals surface area contributed by atoms with Gasteiger partial charge >= 0.3 is 0 Å². The SMILES string of the molecule is Cc1cc(C(=O)NC[C@@H](c2ccco2)n2cccn2)c(C)o1. The maximum atomic E-state index is 12.3. The normalized spacial score (nSPS) is 12.3. The minimum Gasteiger partial charge on any atom is -0.467 e. The molecule has 1 atom stereocenters. The van der Waals surface area contributed by atoms with Gasteiger partial charge in [0.2, 0.25) is 0 Å². The molecule has 0 radical (unpaired) electrons. The van der Waals surface area contributed by atoms with Gasteiger partial charge in [-0.2, -0.15) is 5.10 Å². The van der Waals surface area contributed by atoms with Crippen LogP contribution in [0.25, 0.3) is 0 Å². The van der Waals surface area contributed by atoms with Gasteiger partial charge in [0.15, 0.2) is 0 Å². The van der Waals surface area contributed by atoms with Gasteiger partial charge in [-0.15, -0.1) is 0 Å². The van der Waals surface area contributed by atoms with Crippen LogP contribution in [0.3, 0.4) is 0 Å². The van der Waals surface area contributed by atoms with E-state index in [0.29, 0.717) is 17.9 Å². The monoisotopic (exact) mass is 299 g/mol. The zero-order valence-electron chi connectivity index (χ0n) is 12.4. The number of rotatable bonds is 5. The largest absolute Gasteiger partial charge is 0.467 e. The molecule has 3 heterocycles. The standard InChI is InChI=1S/C16H17N3O3/c1-11-9-13(12(2)22-11)16(20)17-10-14(15-5-3-8-21-15)19-7-4-6-18-19/h3-9,14H,10H2,1-2H3,(H,17,20)/t14-/m0/s1. The van der Waals surface area contributed by atoms with E-state index in [1.54, 1.807) is 30.1 Å². The molecule has 22 heavy (non-hydrogen) atoms. The molecule has 0 bridgehead atoms. The summed E-state index contributed by atoms with van der Waals surface area (Å²) in [5.41, 5.74) is 0.552.